The van der Waals surface area contributed by atoms with Crippen molar-refractivity contribution in [3.63, 3.8) is 0 Å². The molecule has 140 valence electrons. The minimum atomic E-state index is -0.284. The first-order valence-corrected chi connectivity index (χ1v) is 8.86. The van der Waals surface area contributed by atoms with E-state index in [1.54, 1.807) is 36.1 Å². The van der Waals surface area contributed by atoms with Crippen LogP contribution < -0.4 is 10.6 Å². The Morgan fingerprint density at radius 2 is 1.86 bits per heavy atom. The van der Waals surface area contributed by atoms with Crippen molar-refractivity contribution in [3.8, 4) is 0 Å². The zero-order valence-corrected chi connectivity index (χ0v) is 15.3. The van der Waals surface area contributed by atoms with Gasteiger partial charge >= 0.3 is 0 Å². The topological polar surface area (TPSA) is 91.8 Å². The Labute approximate surface area is 161 Å². The molecule has 4 rings (SSSR count). The van der Waals surface area contributed by atoms with Crippen LogP contribution in [0.5, 0.6) is 0 Å². The van der Waals surface area contributed by atoms with E-state index in [2.05, 4.69) is 20.7 Å². The number of hydrogen-bond donors (Lipinski definition) is 3. The molecule has 0 aliphatic carbocycles. The van der Waals surface area contributed by atoms with Gasteiger partial charge in [0.25, 0.3) is 11.8 Å². The number of nitrogens with zero attached hydrogens (tertiary/aromatic N) is 2. The molecule has 0 atom stereocenters. The van der Waals surface area contributed by atoms with E-state index in [9.17, 15) is 9.59 Å². The highest BCUT2D eigenvalue weighted by Gasteiger charge is 2.12. The summed E-state index contributed by atoms with van der Waals surface area (Å²) in [6.45, 7) is 0.603. The number of nitrogens with one attached hydrogen (secondary N) is 3. The van der Waals surface area contributed by atoms with Gasteiger partial charge in [-0.3, -0.25) is 14.3 Å². The summed E-state index contributed by atoms with van der Waals surface area (Å²) in [5.74, 6) is -0.473. The van der Waals surface area contributed by atoms with Gasteiger partial charge in [0.15, 0.2) is 5.69 Å². The SMILES string of the molecule is CNC(=O)c1cc2cc(NC(=O)c3ccn(Cc4ccccc4)n3)ccc2[nH]1. The maximum Gasteiger partial charge on any atom is 0.276 e. The molecule has 0 saturated heterocycles. The minimum absolute atomic E-state index is 0.189. The van der Waals surface area contributed by atoms with Crippen LogP contribution in [0, 0.1) is 0 Å². The van der Waals surface area contributed by atoms with Crippen LogP contribution in [-0.2, 0) is 6.54 Å². The van der Waals surface area contributed by atoms with Crippen molar-refractivity contribution in [2.75, 3.05) is 12.4 Å². The van der Waals surface area contributed by atoms with Crippen LogP contribution in [0.25, 0.3) is 10.9 Å². The summed E-state index contributed by atoms with van der Waals surface area (Å²) in [5.41, 5.74) is 3.39. The van der Waals surface area contributed by atoms with Gasteiger partial charge in [-0.05, 0) is 35.9 Å². The molecule has 0 aliphatic rings. The van der Waals surface area contributed by atoms with E-state index in [0.717, 1.165) is 16.5 Å². The molecule has 0 aliphatic heterocycles. The lowest BCUT2D eigenvalue weighted by Gasteiger charge is -2.04. The summed E-state index contributed by atoms with van der Waals surface area (Å²) in [6, 6.07) is 18.8. The number of rotatable bonds is 5. The molecule has 0 unspecified atom stereocenters. The Bertz CT molecular complexity index is 1140. The molecule has 2 aromatic carbocycles. The Morgan fingerprint density at radius 3 is 2.64 bits per heavy atom. The van der Waals surface area contributed by atoms with Crippen molar-refractivity contribution >= 4 is 28.4 Å². The Kier molecular flexibility index (Phi) is 4.63. The van der Waals surface area contributed by atoms with E-state index < -0.39 is 0 Å². The minimum Gasteiger partial charge on any atom is -0.354 e. The smallest absolute Gasteiger partial charge is 0.276 e. The molecule has 28 heavy (non-hydrogen) atoms. The van der Waals surface area contributed by atoms with Crippen molar-refractivity contribution in [1.82, 2.24) is 20.1 Å². The van der Waals surface area contributed by atoms with Crippen LogP contribution in [-0.4, -0.2) is 33.6 Å². The number of amides is 2. The van der Waals surface area contributed by atoms with Gasteiger partial charge in [-0.25, -0.2) is 0 Å². The van der Waals surface area contributed by atoms with Gasteiger partial charge in [0.1, 0.15) is 5.69 Å². The molecule has 4 aromatic rings. The van der Waals surface area contributed by atoms with Gasteiger partial charge in [-0.15, -0.1) is 0 Å². The Balaban J connectivity index is 1.48. The molecule has 7 nitrogen and oxygen atoms in total. The van der Waals surface area contributed by atoms with E-state index >= 15 is 0 Å². The summed E-state index contributed by atoms with van der Waals surface area (Å²) < 4.78 is 1.73. The van der Waals surface area contributed by atoms with Crippen molar-refractivity contribution in [3.05, 3.63) is 83.8 Å². The zero-order valence-electron chi connectivity index (χ0n) is 15.3. The number of aromatic amines is 1. The first-order valence-electron chi connectivity index (χ1n) is 8.86. The molecule has 0 bridgehead atoms. The monoisotopic (exact) mass is 373 g/mol. The summed E-state index contributed by atoms with van der Waals surface area (Å²) in [5, 5.41) is 10.6. The van der Waals surface area contributed by atoms with Gasteiger partial charge in [-0.2, -0.15) is 5.10 Å². The highest BCUT2D eigenvalue weighted by molar-refractivity contribution is 6.04. The number of anilines is 1. The summed E-state index contributed by atoms with van der Waals surface area (Å²) >= 11 is 0. The average molecular weight is 373 g/mol. The molecule has 2 heterocycles. The van der Waals surface area contributed by atoms with Crippen molar-refractivity contribution in [2.45, 2.75) is 6.54 Å². The second-order valence-electron chi connectivity index (χ2n) is 6.40. The number of H-pyrrole nitrogens is 1. The fourth-order valence-corrected chi connectivity index (χ4v) is 3.00. The number of carbonyl (C=O) groups excluding carboxylic acids is 2. The van der Waals surface area contributed by atoms with Crippen molar-refractivity contribution in [2.24, 2.45) is 0 Å². The predicted octanol–water partition coefficient (Wildman–Crippen LogP) is 3.02. The van der Waals surface area contributed by atoms with Gasteiger partial charge in [-0.1, -0.05) is 30.3 Å². The summed E-state index contributed by atoms with van der Waals surface area (Å²) in [6.07, 6.45) is 1.78. The van der Waals surface area contributed by atoms with Crippen LogP contribution in [0.2, 0.25) is 0 Å². The van der Waals surface area contributed by atoms with Gasteiger partial charge in [0, 0.05) is 29.8 Å². The van der Waals surface area contributed by atoms with Gasteiger partial charge in [0.2, 0.25) is 0 Å². The molecular weight excluding hydrogens is 354 g/mol. The predicted molar refractivity (Wildman–Crippen MR) is 107 cm³/mol. The first-order chi connectivity index (χ1) is 13.6. The normalized spacial score (nSPS) is 10.8. The number of hydrogen-bond acceptors (Lipinski definition) is 3. The average Bonchev–Trinajstić information content (AvgIpc) is 3.35. The molecule has 2 aromatic heterocycles. The molecular formula is C21H19N5O2. The highest BCUT2D eigenvalue weighted by atomic mass is 16.2. The van der Waals surface area contributed by atoms with Crippen LogP contribution >= 0.6 is 0 Å². The van der Waals surface area contributed by atoms with E-state index in [1.807, 2.05) is 42.5 Å². The quantitative estimate of drug-likeness (QED) is 0.502. The summed E-state index contributed by atoms with van der Waals surface area (Å²) in [7, 11) is 1.58. The number of aromatic nitrogens is 3. The number of benzene rings is 2. The van der Waals surface area contributed by atoms with Crippen LogP contribution in [0.15, 0.2) is 66.9 Å². The number of fused-ring (bicyclic) bond motifs is 1. The number of carbonyl (C=O) groups is 2. The van der Waals surface area contributed by atoms with Crippen LogP contribution in [0.4, 0.5) is 5.69 Å². The standard InChI is InChI=1S/C21H19N5O2/c1-22-20(27)19-12-15-11-16(7-8-17(15)24-19)23-21(28)18-9-10-26(25-18)13-14-5-3-2-4-6-14/h2-12,24H,13H2,1H3,(H,22,27)(H,23,28). The molecule has 0 saturated carbocycles. The van der Waals surface area contributed by atoms with Crippen LogP contribution in [0.3, 0.4) is 0 Å². The maximum atomic E-state index is 12.5. The second kappa shape index (κ2) is 7.40. The Morgan fingerprint density at radius 1 is 1.04 bits per heavy atom. The lowest BCUT2D eigenvalue weighted by molar-refractivity contribution is 0.0958. The van der Waals surface area contributed by atoms with E-state index in [4.69, 9.17) is 0 Å². The van der Waals surface area contributed by atoms with E-state index in [0.29, 0.717) is 23.6 Å². The first kappa shape index (κ1) is 17.5. The third-order valence-corrected chi connectivity index (χ3v) is 4.41. The lowest BCUT2D eigenvalue weighted by Crippen LogP contribution is -2.17. The fraction of sp³-hybridized carbons (Fsp3) is 0.0952. The molecule has 0 fully saturated rings. The van der Waals surface area contributed by atoms with Gasteiger partial charge in [0.05, 0.1) is 6.54 Å². The lowest BCUT2D eigenvalue weighted by atomic mass is 10.2. The molecule has 7 heteroatoms. The molecule has 0 spiro atoms. The largest absolute Gasteiger partial charge is 0.354 e. The fourth-order valence-electron chi connectivity index (χ4n) is 3.00. The zero-order chi connectivity index (χ0) is 19.5. The second-order valence-corrected chi connectivity index (χ2v) is 6.40. The maximum absolute atomic E-state index is 12.5. The molecule has 2 amide bonds. The highest BCUT2D eigenvalue weighted by Crippen LogP contribution is 2.20. The third kappa shape index (κ3) is 3.64. The van der Waals surface area contributed by atoms with Gasteiger partial charge < -0.3 is 15.6 Å². The van der Waals surface area contributed by atoms with E-state index in [-0.39, 0.29) is 11.8 Å². The van der Waals surface area contributed by atoms with Crippen molar-refractivity contribution in [1.29, 1.82) is 0 Å². The Hall–Kier alpha value is -3.87. The molecule has 3 N–H and O–H groups in total. The summed E-state index contributed by atoms with van der Waals surface area (Å²) in [4.78, 5) is 27.3. The van der Waals surface area contributed by atoms with Crippen LogP contribution in [0.1, 0.15) is 26.5 Å². The van der Waals surface area contributed by atoms with Crippen molar-refractivity contribution < 1.29 is 9.59 Å². The third-order valence-electron chi connectivity index (χ3n) is 4.41. The molecule has 0 radical (unpaired) electrons. The van der Waals surface area contributed by atoms with E-state index in [1.165, 1.54) is 0 Å².